The number of aliphatic hydroxyl groups is 1. The number of carbonyl (C=O) groups is 1. The minimum Gasteiger partial charge on any atom is -0.480 e. The number of amides is 1. The zero-order chi connectivity index (χ0) is 21.4. The van der Waals surface area contributed by atoms with E-state index in [9.17, 15) is 14.7 Å². The zero-order valence-electron chi connectivity index (χ0n) is 17.9. The first-order chi connectivity index (χ1) is 14.4. The number of ether oxygens (including phenoxy) is 1. The largest absolute Gasteiger partial charge is 0.480 e. The predicted octanol–water partition coefficient (Wildman–Crippen LogP) is 3.49. The Bertz CT molecular complexity index is 983. The average molecular weight is 414 g/mol. The van der Waals surface area contributed by atoms with Crippen molar-refractivity contribution in [3.05, 3.63) is 39.7 Å². The monoisotopic (exact) mass is 413 g/mol. The Morgan fingerprint density at radius 3 is 2.63 bits per heavy atom. The van der Waals surface area contributed by atoms with Crippen LogP contribution in [0.25, 0.3) is 11.0 Å². The number of hydrogen-bond donors (Lipinski definition) is 2. The maximum Gasteiger partial charge on any atom is 0.336 e. The van der Waals surface area contributed by atoms with E-state index in [2.05, 4.69) is 12.2 Å². The van der Waals surface area contributed by atoms with Crippen LogP contribution in [0.3, 0.4) is 0 Å². The number of fused-ring (bicyclic) bond motifs is 2. The fourth-order valence-corrected chi connectivity index (χ4v) is 5.28. The lowest BCUT2D eigenvalue weighted by Gasteiger charge is -2.20. The van der Waals surface area contributed by atoms with Gasteiger partial charge in [-0.3, -0.25) is 4.79 Å². The lowest BCUT2D eigenvalue weighted by Crippen LogP contribution is -2.41. The molecule has 3 unspecified atom stereocenters. The summed E-state index contributed by atoms with van der Waals surface area (Å²) in [6.07, 6.45) is 4.48. The molecule has 1 aromatic heterocycles. The van der Waals surface area contributed by atoms with Crippen molar-refractivity contribution in [2.75, 3.05) is 0 Å². The Balaban J connectivity index is 1.45. The molecule has 2 aromatic rings. The smallest absolute Gasteiger partial charge is 0.336 e. The van der Waals surface area contributed by atoms with E-state index in [1.165, 1.54) is 0 Å². The van der Waals surface area contributed by atoms with Gasteiger partial charge >= 0.3 is 5.63 Å². The Hall–Kier alpha value is -2.34. The van der Waals surface area contributed by atoms with Crippen molar-refractivity contribution >= 4 is 16.9 Å². The summed E-state index contributed by atoms with van der Waals surface area (Å²) >= 11 is 0. The van der Waals surface area contributed by atoms with Gasteiger partial charge in [-0.25, -0.2) is 4.79 Å². The number of nitrogens with one attached hydrogen (secondary N) is 1. The molecule has 5 atom stereocenters. The molecule has 2 aliphatic rings. The highest BCUT2D eigenvalue weighted by Gasteiger charge is 2.41. The van der Waals surface area contributed by atoms with Gasteiger partial charge in [0, 0.05) is 23.1 Å². The van der Waals surface area contributed by atoms with E-state index in [0.29, 0.717) is 23.2 Å². The molecule has 6 heteroatoms. The molecule has 2 N–H and O–H groups in total. The number of benzene rings is 1. The Kier molecular flexibility index (Phi) is 5.87. The van der Waals surface area contributed by atoms with Gasteiger partial charge in [-0.2, -0.15) is 0 Å². The molecule has 0 aliphatic heterocycles. The summed E-state index contributed by atoms with van der Waals surface area (Å²) in [7, 11) is 0. The Labute approximate surface area is 176 Å². The fraction of sp³-hybridized carbons (Fsp3) is 0.583. The Morgan fingerprint density at radius 1 is 1.27 bits per heavy atom. The standard InChI is InChI=1S/C24H31NO5/c1-4-5-15-12-22(27)30-23-13(2)21(7-6-20(15)23)29-14(3)24(28)25-18-8-16-10-19(26)11-17(16)9-18/h6-7,12,14,16-19,26H,4-5,8-11H2,1-3H3,(H,25,28)/t14?,16-,17+,18?,19?. The van der Waals surface area contributed by atoms with Gasteiger partial charge in [0.25, 0.3) is 5.91 Å². The third-order valence-electron chi connectivity index (χ3n) is 6.73. The minimum atomic E-state index is -0.655. The average Bonchev–Trinajstić information content (AvgIpc) is 3.21. The first-order valence-electron chi connectivity index (χ1n) is 11.1. The van der Waals surface area contributed by atoms with Gasteiger partial charge in [-0.15, -0.1) is 0 Å². The molecule has 2 saturated carbocycles. The quantitative estimate of drug-likeness (QED) is 0.708. The van der Waals surface area contributed by atoms with Crippen molar-refractivity contribution in [2.24, 2.45) is 11.8 Å². The molecule has 1 aromatic carbocycles. The van der Waals surface area contributed by atoms with Crippen LogP contribution in [0.2, 0.25) is 0 Å². The Morgan fingerprint density at radius 2 is 1.97 bits per heavy atom. The molecule has 4 rings (SSSR count). The van der Waals surface area contributed by atoms with Gasteiger partial charge in [0.15, 0.2) is 6.10 Å². The third kappa shape index (κ3) is 4.10. The van der Waals surface area contributed by atoms with Crippen LogP contribution in [0.5, 0.6) is 5.75 Å². The molecule has 0 bridgehead atoms. The number of aliphatic hydroxyl groups excluding tert-OH is 1. The molecular formula is C24H31NO5. The molecule has 1 amide bonds. The van der Waals surface area contributed by atoms with E-state index in [4.69, 9.17) is 9.15 Å². The summed E-state index contributed by atoms with van der Waals surface area (Å²) in [5.74, 6) is 1.45. The van der Waals surface area contributed by atoms with Gasteiger partial charge in [0.1, 0.15) is 11.3 Å². The molecule has 2 aliphatic carbocycles. The normalized spacial score (nSPS) is 26.5. The van der Waals surface area contributed by atoms with Crippen LogP contribution in [0.15, 0.2) is 27.4 Å². The highest BCUT2D eigenvalue weighted by Crippen LogP contribution is 2.44. The number of rotatable bonds is 6. The van der Waals surface area contributed by atoms with Gasteiger partial charge in [-0.1, -0.05) is 13.3 Å². The summed E-state index contributed by atoms with van der Waals surface area (Å²) in [6.45, 7) is 5.66. The summed E-state index contributed by atoms with van der Waals surface area (Å²) in [4.78, 5) is 24.7. The van der Waals surface area contributed by atoms with Crippen LogP contribution in [-0.2, 0) is 11.2 Å². The molecular weight excluding hydrogens is 382 g/mol. The van der Waals surface area contributed by atoms with Crippen LogP contribution in [0.4, 0.5) is 0 Å². The fourth-order valence-electron chi connectivity index (χ4n) is 5.28. The SMILES string of the molecule is CCCc1cc(=O)oc2c(C)c(OC(C)C(=O)NC3C[C@H]4CC(O)C[C@H]4C3)ccc12. The molecule has 2 fully saturated rings. The summed E-state index contributed by atoms with van der Waals surface area (Å²) in [5, 5.41) is 13.8. The van der Waals surface area contributed by atoms with Crippen molar-refractivity contribution in [1.29, 1.82) is 0 Å². The van der Waals surface area contributed by atoms with Crippen LogP contribution >= 0.6 is 0 Å². The molecule has 0 radical (unpaired) electrons. The molecule has 162 valence electrons. The van der Waals surface area contributed by atoms with E-state index < -0.39 is 6.10 Å². The molecule has 0 saturated heterocycles. The van der Waals surface area contributed by atoms with Gasteiger partial charge < -0.3 is 19.6 Å². The van der Waals surface area contributed by atoms with E-state index in [0.717, 1.165) is 55.0 Å². The minimum absolute atomic E-state index is 0.138. The van der Waals surface area contributed by atoms with Crippen molar-refractivity contribution < 1.29 is 19.1 Å². The first-order valence-corrected chi connectivity index (χ1v) is 11.1. The summed E-state index contributed by atoms with van der Waals surface area (Å²) in [5.41, 5.74) is 1.86. The van der Waals surface area contributed by atoms with Crippen molar-refractivity contribution in [1.82, 2.24) is 5.32 Å². The van der Waals surface area contributed by atoms with Crippen molar-refractivity contribution in [2.45, 2.75) is 77.5 Å². The molecule has 6 nitrogen and oxygen atoms in total. The maximum absolute atomic E-state index is 12.7. The van der Waals surface area contributed by atoms with Crippen LogP contribution in [-0.4, -0.2) is 29.3 Å². The van der Waals surface area contributed by atoms with E-state index in [1.54, 1.807) is 13.0 Å². The first kappa shape index (κ1) is 20.9. The summed E-state index contributed by atoms with van der Waals surface area (Å²) in [6, 6.07) is 5.46. The van der Waals surface area contributed by atoms with E-state index >= 15 is 0 Å². The third-order valence-corrected chi connectivity index (χ3v) is 6.73. The van der Waals surface area contributed by atoms with Crippen molar-refractivity contribution in [3.63, 3.8) is 0 Å². The zero-order valence-corrected chi connectivity index (χ0v) is 17.9. The lowest BCUT2D eigenvalue weighted by molar-refractivity contribution is -0.128. The predicted molar refractivity (Wildman–Crippen MR) is 115 cm³/mol. The van der Waals surface area contributed by atoms with Gasteiger partial charge in [-0.05, 0) is 75.5 Å². The lowest BCUT2D eigenvalue weighted by atomic mass is 10.0. The highest BCUT2D eigenvalue weighted by molar-refractivity contribution is 5.85. The highest BCUT2D eigenvalue weighted by atomic mass is 16.5. The molecule has 30 heavy (non-hydrogen) atoms. The van der Waals surface area contributed by atoms with E-state index in [1.807, 2.05) is 19.1 Å². The maximum atomic E-state index is 12.7. The van der Waals surface area contributed by atoms with E-state index in [-0.39, 0.29) is 23.7 Å². The van der Waals surface area contributed by atoms with Crippen LogP contribution in [0.1, 0.15) is 57.1 Å². The summed E-state index contributed by atoms with van der Waals surface area (Å²) < 4.78 is 11.4. The second-order valence-corrected chi connectivity index (χ2v) is 8.99. The number of hydrogen-bond acceptors (Lipinski definition) is 5. The second-order valence-electron chi connectivity index (χ2n) is 8.99. The van der Waals surface area contributed by atoms with Crippen molar-refractivity contribution in [3.8, 4) is 5.75 Å². The second kappa shape index (κ2) is 8.42. The van der Waals surface area contributed by atoms with Crippen LogP contribution < -0.4 is 15.7 Å². The topological polar surface area (TPSA) is 88.8 Å². The van der Waals surface area contributed by atoms with Gasteiger partial charge in [0.05, 0.1) is 6.10 Å². The molecule has 0 spiro atoms. The van der Waals surface area contributed by atoms with Crippen LogP contribution in [0, 0.1) is 18.8 Å². The number of carbonyl (C=O) groups excluding carboxylic acids is 1. The number of aryl methyl sites for hydroxylation is 2. The molecule has 1 heterocycles. The van der Waals surface area contributed by atoms with Gasteiger partial charge in [0.2, 0.25) is 0 Å².